The molecule has 0 unspecified atom stereocenters. The highest BCUT2D eigenvalue weighted by atomic mass is 16.2. The van der Waals surface area contributed by atoms with Crippen molar-refractivity contribution < 1.29 is 9.59 Å². The Hall–Kier alpha value is -1.67. The molecular formula is C8H9N3O2. The van der Waals surface area contributed by atoms with Gasteiger partial charge in [0.2, 0.25) is 5.91 Å². The van der Waals surface area contributed by atoms with Crippen LogP contribution >= 0.6 is 0 Å². The predicted molar refractivity (Wildman–Crippen MR) is 43.8 cm³/mol. The molecule has 0 fully saturated rings. The van der Waals surface area contributed by atoms with Crippen LogP contribution in [-0.2, 0) is 9.59 Å². The largest absolute Gasteiger partial charge is 0.285 e. The van der Waals surface area contributed by atoms with E-state index in [1.54, 1.807) is 13.0 Å². The van der Waals surface area contributed by atoms with Gasteiger partial charge in [-0.25, -0.2) is 10.4 Å². The molecule has 0 saturated carbocycles. The molecule has 0 spiro atoms. The number of hydrazine groups is 1. The third kappa shape index (κ3) is 1.44. The monoisotopic (exact) mass is 179 g/mol. The summed E-state index contributed by atoms with van der Waals surface area (Å²) < 4.78 is 0. The second-order valence-corrected chi connectivity index (χ2v) is 2.70. The van der Waals surface area contributed by atoms with Gasteiger partial charge >= 0.3 is 0 Å². The number of carbonyl (C=O) groups is 2. The molecule has 1 heterocycles. The molecule has 0 bridgehead atoms. The zero-order chi connectivity index (χ0) is 10.0. The summed E-state index contributed by atoms with van der Waals surface area (Å²) in [6.45, 7) is 1.61. The zero-order valence-corrected chi connectivity index (χ0v) is 7.42. The Morgan fingerprint density at radius 2 is 2.15 bits per heavy atom. The lowest BCUT2D eigenvalue weighted by Gasteiger charge is -2.23. The minimum atomic E-state index is -0.571. The first kappa shape index (κ1) is 9.42. The molecule has 0 radical (unpaired) electrons. The van der Waals surface area contributed by atoms with Crippen molar-refractivity contribution >= 4 is 11.8 Å². The maximum Gasteiger partial charge on any atom is 0.285 e. The fraction of sp³-hybridized carbons (Fsp3) is 0.375. The molecule has 1 N–H and O–H groups in total. The molecular weight excluding hydrogens is 170 g/mol. The molecule has 0 atom stereocenters. The number of imide groups is 1. The molecule has 1 rings (SSSR count). The van der Waals surface area contributed by atoms with Crippen LogP contribution in [0.3, 0.4) is 0 Å². The van der Waals surface area contributed by atoms with Crippen molar-refractivity contribution in [2.75, 3.05) is 7.05 Å². The third-order valence-corrected chi connectivity index (χ3v) is 1.84. The van der Waals surface area contributed by atoms with Crippen LogP contribution in [0.5, 0.6) is 0 Å². The summed E-state index contributed by atoms with van der Waals surface area (Å²) in [6.07, 6.45) is 0.121. The highest BCUT2D eigenvalue weighted by Gasteiger charge is 2.30. The van der Waals surface area contributed by atoms with E-state index < -0.39 is 5.91 Å². The van der Waals surface area contributed by atoms with Crippen LogP contribution in [0.1, 0.15) is 13.3 Å². The van der Waals surface area contributed by atoms with Gasteiger partial charge in [0.05, 0.1) is 6.42 Å². The van der Waals surface area contributed by atoms with Crippen LogP contribution in [0, 0.1) is 11.3 Å². The molecule has 5 heteroatoms. The molecule has 0 aliphatic carbocycles. The van der Waals surface area contributed by atoms with Gasteiger partial charge in [0.1, 0.15) is 11.6 Å². The molecule has 68 valence electrons. The summed E-state index contributed by atoms with van der Waals surface area (Å²) in [7, 11) is 1.46. The topological polar surface area (TPSA) is 73.2 Å². The molecule has 1 aliphatic heterocycles. The first-order chi connectivity index (χ1) is 6.11. The van der Waals surface area contributed by atoms with Crippen LogP contribution < -0.4 is 5.43 Å². The fourth-order valence-corrected chi connectivity index (χ4v) is 1.17. The Morgan fingerprint density at radius 1 is 1.54 bits per heavy atom. The minimum Gasteiger partial charge on any atom is -0.273 e. The molecule has 0 aromatic rings. The number of carbonyl (C=O) groups excluding carboxylic acids is 2. The van der Waals surface area contributed by atoms with E-state index in [2.05, 4.69) is 5.43 Å². The smallest absolute Gasteiger partial charge is 0.273 e. The highest BCUT2D eigenvalue weighted by molar-refractivity contribution is 6.10. The SMILES string of the molecule is CNN1C(=O)CC(C)=C(C#N)C1=O. The second kappa shape index (κ2) is 3.37. The lowest BCUT2D eigenvalue weighted by Crippen LogP contribution is -2.48. The molecule has 2 amide bonds. The number of nitrogens with one attached hydrogen (secondary N) is 1. The van der Waals surface area contributed by atoms with E-state index in [1.807, 2.05) is 0 Å². The Balaban J connectivity index is 3.12. The Labute approximate surface area is 75.6 Å². The van der Waals surface area contributed by atoms with Crippen molar-refractivity contribution in [1.82, 2.24) is 10.4 Å². The Bertz CT molecular complexity index is 338. The van der Waals surface area contributed by atoms with Crippen molar-refractivity contribution in [1.29, 1.82) is 5.26 Å². The molecule has 13 heavy (non-hydrogen) atoms. The van der Waals surface area contributed by atoms with Gasteiger partial charge < -0.3 is 0 Å². The number of rotatable bonds is 1. The average Bonchev–Trinajstić information content (AvgIpc) is 2.04. The van der Waals surface area contributed by atoms with E-state index in [-0.39, 0.29) is 17.9 Å². The normalized spacial score (nSPS) is 17.8. The van der Waals surface area contributed by atoms with Crippen molar-refractivity contribution in [2.24, 2.45) is 0 Å². The van der Waals surface area contributed by atoms with E-state index in [0.29, 0.717) is 5.57 Å². The van der Waals surface area contributed by atoms with E-state index in [9.17, 15) is 9.59 Å². The first-order valence-corrected chi connectivity index (χ1v) is 3.76. The predicted octanol–water partition coefficient (Wildman–Crippen LogP) is -0.280. The molecule has 5 nitrogen and oxygen atoms in total. The second-order valence-electron chi connectivity index (χ2n) is 2.70. The summed E-state index contributed by atoms with van der Waals surface area (Å²) >= 11 is 0. The summed E-state index contributed by atoms with van der Waals surface area (Å²) in [5.74, 6) is -0.900. The van der Waals surface area contributed by atoms with Crippen molar-refractivity contribution in [2.45, 2.75) is 13.3 Å². The van der Waals surface area contributed by atoms with Gasteiger partial charge in [0.25, 0.3) is 5.91 Å². The zero-order valence-electron chi connectivity index (χ0n) is 7.42. The molecule has 0 saturated heterocycles. The quantitative estimate of drug-likeness (QED) is 0.562. The maximum absolute atomic E-state index is 11.4. The van der Waals surface area contributed by atoms with Crippen LogP contribution in [0.25, 0.3) is 0 Å². The maximum atomic E-state index is 11.4. The lowest BCUT2D eigenvalue weighted by atomic mass is 10.0. The summed E-state index contributed by atoms with van der Waals surface area (Å²) in [5.41, 5.74) is 3.02. The van der Waals surface area contributed by atoms with Crippen molar-refractivity contribution in [3.05, 3.63) is 11.1 Å². The fourth-order valence-electron chi connectivity index (χ4n) is 1.17. The first-order valence-electron chi connectivity index (χ1n) is 3.76. The van der Waals surface area contributed by atoms with Gasteiger partial charge in [-0.3, -0.25) is 9.59 Å². The Kier molecular flexibility index (Phi) is 2.44. The molecule has 0 aromatic heterocycles. The highest BCUT2D eigenvalue weighted by Crippen LogP contribution is 2.17. The van der Waals surface area contributed by atoms with Gasteiger partial charge in [-0.1, -0.05) is 0 Å². The van der Waals surface area contributed by atoms with Gasteiger partial charge in [-0.15, -0.1) is 0 Å². The van der Waals surface area contributed by atoms with Crippen molar-refractivity contribution in [3.63, 3.8) is 0 Å². The summed E-state index contributed by atoms with van der Waals surface area (Å²) in [6, 6.07) is 1.78. The van der Waals surface area contributed by atoms with E-state index in [0.717, 1.165) is 5.01 Å². The third-order valence-electron chi connectivity index (χ3n) is 1.84. The van der Waals surface area contributed by atoms with Gasteiger partial charge in [-0.05, 0) is 12.5 Å². The van der Waals surface area contributed by atoms with Gasteiger partial charge in [-0.2, -0.15) is 5.26 Å². The van der Waals surface area contributed by atoms with E-state index in [4.69, 9.17) is 5.26 Å². The summed E-state index contributed by atoms with van der Waals surface area (Å²) in [4.78, 5) is 22.6. The number of nitrogens with zero attached hydrogens (tertiary/aromatic N) is 2. The minimum absolute atomic E-state index is 0.0500. The Morgan fingerprint density at radius 3 is 2.62 bits per heavy atom. The number of hydrogen-bond donors (Lipinski definition) is 1. The average molecular weight is 179 g/mol. The van der Waals surface area contributed by atoms with Crippen molar-refractivity contribution in [3.8, 4) is 6.07 Å². The van der Waals surface area contributed by atoms with E-state index in [1.165, 1.54) is 7.05 Å². The van der Waals surface area contributed by atoms with Crippen LogP contribution in [-0.4, -0.2) is 23.9 Å². The molecule has 1 aliphatic rings. The standard InChI is InChI=1S/C8H9N3O2/c1-5-3-7(12)11(10-2)8(13)6(5)4-9/h10H,3H2,1-2H3. The number of hydrogen-bond acceptors (Lipinski definition) is 4. The van der Waals surface area contributed by atoms with E-state index >= 15 is 0 Å². The number of nitriles is 1. The summed E-state index contributed by atoms with van der Waals surface area (Å²) in [5, 5.41) is 9.49. The van der Waals surface area contributed by atoms with Gasteiger partial charge in [0, 0.05) is 7.05 Å². The van der Waals surface area contributed by atoms with Crippen LogP contribution in [0.4, 0.5) is 0 Å². The van der Waals surface area contributed by atoms with Crippen LogP contribution in [0.15, 0.2) is 11.1 Å². The number of amides is 2. The van der Waals surface area contributed by atoms with Crippen LogP contribution in [0.2, 0.25) is 0 Å². The van der Waals surface area contributed by atoms with Gasteiger partial charge in [0.15, 0.2) is 0 Å². The lowest BCUT2D eigenvalue weighted by molar-refractivity contribution is -0.146. The molecule has 0 aromatic carbocycles.